The van der Waals surface area contributed by atoms with Gasteiger partial charge in [0, 0.05) is 0 Å². The second-order valence-corrected chi connectivity index (χ2v) is 7.15. The summed E-state index contributed by atoms with van der Waals surface area (Å²) < 4.78 is 0.824. The van der Waals surface area contributed by atoms with Gasteiger partial charge in [-0.1, -0.05) is 66.8 Å². The van der Waals surface area contributed by atoms with Gasteiger partial charge in [0.05, 0.1) is 11.3 Å². The van der Waals surface area contributed by atoms with Gasteiger partial charge in [0.25, 0.3) is 0 Å². The number of aromatic nitrogens is 2. The number of thioether (sulfide) groups is 1. The van der Waals surface area contributed by atoms with Crippen molar-refractivity contribution in [2.75, 3.05) is 0 Å². The molecule has 0 bridgehead atoms. The lowest BCUT2D eigenvalue weighted by atomic mass is 10.0. The first-order valence-electron chi connectivity index (χ1n) is 6.98. The summed E-state index contributed by atoms with van der Waals surface area (Å²) in [4.78, 5) is 12.4. The van der Waals surface area contributed by atoms with Gasteiger partial charge >= 0.3 is 0 Å². The molecule has 4 nitrogen and oxygen atoms in total. The number of carbonyl (C=O) groups excluding carboxylic acids is 1. The van der Waals surface area contributed by atoms with Crippen LogP contribution in [0.2, 0.25) is 0 Å². The van der Waals surface area contributed by atoms with Crippen molar-refractivity contribution in [3.63, 3.8) is 0 Å². The molecule has 21 heavy (non-hydrogen) atoms. The molecule has 0 radical (unpaired) electrons. The minimum absolute atomic E-state index is 0.0394. The summed E-state index contributed by atoms with van der Waals surface area (Å²) in [6, 6.07) is 10.2. The van der Waals surface area contributed by atoms with E-state index in [1.807, 2.05) is 25.1 Å². The van der Waals surface area contributed by atoms with Gasteiger partial charge in [-0.15, -0.1) is 10.2 Å². The number of carbonyl (C=O) groups is 1. The maximum atomic E-state index is 12.4. The Morgan fingerprint density at radius 1 is 1.38 bits per heavy atom. The molecule has 1 aromatic heterocycles. The van der Waals surface area contributed by atoms with Crippen molar-refractivity contribution < 1.29 is 4.79 Å². The first-order valence-corrected chi connectivity index (χ1v) is 8.74. The van der Waals surface area contributed by atoms with E-state index in [-0.39, 0.29) is 17.2 Å². The SMILES string of the molecule is CCC[C@H](NC(=O)[C@@H](C)Sc1nncs1)c1ccccc1. The highest BCUT2D eigenvalue weighted by Crippen LogP contribution is 2.25. The largest absolute Gasteiger partial charge is 0.348 e. The van der Waals surface area contributed by atoms with Crippen molar-refractivity contribution >= 4 is 29.0 Å². The average Bonchev–Trinajstić information content (AvgIpc) is 3.00. The summed E-state index contributed by atoms with van der Waals surface area (Å²) in [6.07, 6.45) is 1.96. The van der Waals surface area contributed by atoms with Crippen LogP contribution in [0.1, 0.15) is 38.3 Å². The molecule has 2 atom stereocenters. The second-order valence-electron chi connectivity index (χ2n) is 4.73. The van der Waals surface area contributed by atoms with Gasteiger partial charge in [-0.3, -0.25) is 4.79 Å². The maximum absolute atomic E-state index is 12.4. The van der Waals surface area contributed by atoms with Gasteiger partial charge in [0.1, 0.15) is 5.51 Å². The fraction of sp³-hybridized carbons (Fsp3) is 0.400. The molecule has 0 unspecified atom stereocenters. The Bertz CT molecular complexity index is 545. The zero-order valence-electron chi connectivity index (χ0n) is 12.2. The van der Waals surface area contributed by atoms with E-state index < -0.39 is 0 Å². The zero-order chi connectivity index (χ0) is 15.1. The van der Waals surface area contributed by atoms with Crippen molar-refractivity contribution in [1.29, 1.82) is 0 Å². The number of rotatable bonds is 7. The second kappa shape index (κ2) is 8.14. The molecule has 0 aliphatic heterocycles. The lowest BCUT2D eigenvalue weighted by Crippen LogP contribution is -2.34. The van der Waals surface area contributed by atoms with Crippen molar-refractivity contribution in [3.8, 4) is 0 Å². The normalized spacial score (nSPS) is 13.6. The topological polar surface area (TPSA) is 54.9 Å². The van der Waals surface area contributed by atoms with E-state index in [2.05, 4.69) is 34.6 Å². The van der Waals surface area contributed by atoms with Crippen molar-refractivity contribution in [1.82, 2.24) is 15.5 Å². The van der Waals surface area contributed by atoms with Crippen LogP contribution in [0.25, 0.3) is 0 Å². The average molecular weight is 321 g/mol. The third-order valence-corrected chi connectivity index (χ3v) is 4.99. The third-order valence-electron chi connectivity index (χ3n) is 3.08. The Hall–Kier alpha value is -1.40. The molecule has 1 N–H and O–H groups in total. The van der Waals surface area contributed by atoms with Crippen molar-refractivity contribution in [2.24, 2.45) is 0 Å². The van der Waals surface area contributed by atoms with Crippen LogP contribution < -0.4 is 5.32 Å². The van der Waals surface area contributed by atoms with E-state index in [1.54, 1.807) is 5.51 Å². The number of hydrogen-bond acceptors (Lipinski definition) is 5. The van der Waals surface area contributed by atoms with Crippen LogP contribution in [-0.2, 0) is 4.79 Å². The van der Waals surface area contributed by atoms with Crippen LogP contribution in [0.15, 0.2) is 40.2 Å². The molecule has 1 aromatic carbocycles. The van der Waals surface area contributed by atoms with E-state index >= 15 is 0 Å². The quantitative estimate of drug-likeness (QED) is 0.791. The first kappa shape index (κ1) is 16.0. The van der Waals surface area contributed by atoms with Crippen molar-refractivity contribution in [2.45, 2.75) is 42.3 Å². The van der Waals surface area contributed by atoms with Crippen LogP contribution in [-0.4, -0.2) is 21.4 Å². The lowest BCUT2D eigenvalue weighted by Gasteiger charge is -2.20. The van der Waals surface area contributed by atoms with Crippen LogP contribution in [0, 0.1) is 0 Å². The molecular formula is C15H19N3OS2. The molecule has 112 valence electrons. The molecule has 0 saturated heterocycles. The molecule has 2 aromatic rings. The Kier molecular flexibility index (Phi) is 6.20. The number of amides is 1. The Balaban J connectivity index is 1.97. The van der Waals surface area contributed by atoms with E-state index in [9.17, 15) is 4.79 Å². The standard InChI is InChI=1S/C15H19N3OS2/c1-3-7-13(12-8-5-4-6-9-12)17-14(19)11(2)21-15-18-16-10-20-15/h4-6,8-11,13H,3,7H2,1-2H3,(H,17,19)/t11-,13+/m1/s1. The Morgan fingerprint density at radius 3 is 2.76 bits per heavy atom. The van der Waals surface area contributed by atoms with Crippen LogP contribution >= 0.6 is 23.1 Å². The molecule has 0 saturated carbocycles. The highest BCUT2D eigenvalue weighted by molar-refractivity contribution is 8.02. The number of nitrogens with zero attached hydrogens (tertiary/aromatic N) is 2. The zero-order valence-corrected chi connectivity index (χ0v) is 13.8. The molecule has 0 aliphatic rings. The number of hydrogen-bond donors (Lipinski definition) is 1. The van der Waals surface area contributed by atoms with Crippen LogP contribution in [0.5, 0.6) is 0 Å². The smallest absolute Gasteiger partial charge is 0.233 e. The van der Waals surface area contributed by atoms with E-state index in [0.717, 1.165) is 22.7 Å². The molecule has 0 spiro atoms. The predicted molar refractivity (Wildman–Crippen MR) is 87.5 cm³/mol. The number of benzene rings is 1. The highest BCUT2D eigenvalue weighted by Gasteiger charge is 2.20. The summed E-state index contributed by atoms with van der Waals surface area (Å²) in [5.41, 5.74) is 2.83. The van der Waals surface area contributed by atoms with Gasteiger partial charge in [-0.25, -0.2) is 0 Å². The lowest BCUT2D eigenvalue weighted by molar-refractivity contribution is -0.121. The van der Waals surface area contributed by atoms with Crippen molar-refractivity contribution in [3.05, 3.63) is 41.4 Å². The fourth-order valence-electron chi connectivity index (χ4n) is 2.00. The Labute approximate surface area is 133 Å². The molecule has 0 aliphatic carbocycles. The Morgan fingerprint density at radius 2 is 2.14 bits per heavy atom. The van der Waals surface area contributed by atoms with Gasteiger partial charge in [-0.05, 0) is 18.9 Å². The van der Waals surface area contributed by atoms with Crippen LogP contribution in [0.4, 0.5) is 0 Å². The van der Waals surface area contributed by atoms with E-state index in [1.165, 1.54) is 23.1 Å². The summed E-state index contributed by atoms with van der Waals surface area (Å²) in [7, 11) is 0. The molecular weight excluding hydrogens is 302 g/mol. The first-order chi connectivity index (χ1) is 10.2. The van der Waals surface area contributed by atoms with Gasteiger partial charge in [0.15, 0.2) is 4.34 Å². The summed E-state index contributed by atoms with van der Waals surface area (Å²) in [5, 5.41) is 10.7. The minimum Gasteiger partial charge on any atom is -0.348 e. The summed E-state index contributed by atoms with van der Waals surface area (Å²) in [6.45, 7) is 4.02. The maximum Gasteiger partial charge on any atom is 0.233 e. The van der Waals surface area contributed by atoms with E-state index in [4.69, 9.17) is 0 Å². The molecule has 0 fully saturated rings. The summed E-state index contributed by atoms with van der Waals surface area (Å²) >= 11 is 2.90. The molecule has 1 amide bonds. The van der Waals surface area contributed by atoms with E-state index in [0.29, 0.717) is 0 Å². The third kappa shape index (κ3) is 4.82. The monoisotopic (exact) mass is 321 g/mol. The van der Waals surface area contributed by atoms with Gasteiger partial charge in [0.2, 0.25) is 5.91 Å². The molecule has 6 heteroatoms. The minimum atomic E-state index is -0.180. The molecule has 1 heterocycles. The number of nitrogens with one attached hydrogen (secondary N) is 1. The van der Waals surface area contributed by atoms with Gasteiger partial charge in [-0.2, -0.15) is 0 Å². The molecule has 2 rings (SSSR count). The van der Waals surface area contributed by atoms with Crippen LogP contribution in [0.3, 0.4) is 0 Å². The summed E-state index contributed by atoms with van der Waals surface area (Å²) in [5.74, 6) is 0.0394. The fourth-order valence-corrected chi connectivity index (χ4v) is 3.64. The highest BCUT2D eigenvalue weighted by atomic mass is 32.2. The predicted octanol–water partition coefficient (Wildman–Crippen LogP) is 3.68. The van der Waals surface area contributed by atoms with Gasteiger partial charge < -0.3 is 5.32 Å².